The van der Waals surface area contributed by atoms with Gasteiger partial charge in [-0.2, -0.15) is 4.98 Å². The standard InChI is InChI=1S/C18H18ClN5O3/c1-10-4-5-13(7-14(10)19)21-16(25)9-27-17(26)8-15-22-18-20-11(2)6-12(3)24(18)23-15/h4-7H,8-9H2,1-3H3,(H,21,25). The number of amides is 1. The van der Waals surface area contributed by atoms with Crippen molar-refractivity contribution in [3.8, 4) is 0 Å². The van der Waals surface area contributed by atoms with Gasteiger partial charge in [0.25, 0.3) is 11.7 Å². The summed E-state index contributed by atoms with van der Waals surface area (Å²) in [6, 6.07) is 7.01. The summed E-state index contributed by atoms with van der Waals surface area (Å²) < 4.78 is 6.55. The molecule has 0 atom stereocenters. The van der Waals surface area contributed by atoms with Gasteiger partial charge in [0.05, 0.1) is 0 Å². The molecule has 8 nitrogen and oxygen atoms in total. The van der Waals surface area contributed by atoms with Crippen molar-refractivity contribution in [3.63, 3.8) is 0 Å². The van der Waals surface area contributed by atoms with Crippen LogP contribution >= 0.6 is 11.6 Å². The zero-order valence-corrected chi connectivity index (χ0v) is 15.9. The summed E-state index contributed by atoms with van der Waals surface area (Å²) in [7, 11) is 0. The third kappa shape index (κ3) is 4.59. The van der Waals surface area contributed by atoms with Gasteiger partial charge >= 0.3 is 5.97 Å². The smallest absolute Gasteiger partial charge is 0.314 e. The maximum absolute atomic E-state index is 12.0. The van der Waals surface area contributed by atoms with Crippen molar-refractivity contribution in [2.45, 2.75) is 27.2 Å². The molecular formula is C18H18ClN5O3. The van der Waals surface area contributed by atoms with Crippen LogP contribution in [0.1, 0.15) is 22.8 Å². The number of anilines is 1. The second-order valence-electron chi connectivity index (χ2n) is 6.13. The molecule has 0 aliphatic rings. The number of nitrogens with zero attached hydrogens (tertiary/aromatic N) is 4. The first kappa shape index (κ1) is 18.8. The van der Waals surface area contributed by atoms with E-state index in [9.17, 15) is 9.59 Å². The minimum atomic E-state index is -0.600. The second-order valence-corrected chi connectivity index (χ2v) is 6.54. The number of benzene rings is 1. The number of ether oxygens (including phenoxy) is 1. The number of aromatic nitrogens is 4. The van der Waals surface area contributed by atoms with E-state index < -0.39 is 18.5 Å². The van der Waals surface area contributed by atoms with Crippen molar-refractivity contribution in [2.75, 3.05) is 11.9 Å². The Kier molecular flexibility index (Phi) is 5.36. The Morgan fingerprint density at radius 3 is 2.70 bits per heavy atom. The van der Waals surface area contributed by atoms with Crippen molar-refractivity contribution >= 4 is 34.9 Å². The molecule has 140 valence electrons. The molecule has 0 aliphatic carbocycles. The Hall–Kier alpha value is -3.00. The number of hydrogen-bond donors (Lipinski definition) is 1. The Labute approximate surface area is 160 Å². The van der Waals surface area contributed by atoms with Crippen molar-refractivity contribution in [3.05, 3.63) is 52.1 Å². The molecule has 0 aliphatic heterocycles. The molecule has 0 saturated carbocycles. The second kappa shape index (κ2) is 7.71. The molecule has 1 aromatic carbocycles. The SMILES string of the molecule is Cc1cc(C)n2nc(CC(=O)OCC(=O)Nc3ccc(C)c(Cl)c3)nc2n1. The van der Waals surface area contributed by atoms with Crippen LogP contribution < -0.4 is 5.32 Å². The molecule has 0 fully saturated rings. The summed E-state index contributed by atoms with van der Waals surface area (Å²) in [6.45, 7) is 5.19. The molecule has 1 amide bonds. The molecule has 0 spiro atoms. The van der Waals surface area contributed by atoms with E-state index in [4.69, 9.17) is 16.3 Å². The van der Waals surface area contributed by atoms with Gasteiger partial charge in [-0.1, -0.05) is 17.7 Å². The van der Waals surface area contributed by atoms with E-state index in [1.165, 1.54) is 0 Å². The summed E-state index contributed by atoms with van der Waals surface area (Å²) in [6.07, 6.45) is -0.147. The summed E-state index contributed by atoms with van der Waals surface area (Å²) >= 11 is 6.01. The van der Waals surface area contributed by atoms with Crippen LogP contribution in [0.15, 0.2) is 24.3 Å². The van der Waals surface area contributed by atoms with Gasteiger partial charge in [0.2, 0.25) is 0 Å². The number of nitrogens with one attached hydrogen (secondary N) is 1. The van der Waals surface area contributed by atoms with Crippen molar-refractivity contribution < 1.29 is 14.3 Å². The fourth-order valence-corrected chi connectivity index (χ4v) is 2.66. The highest BCUT2D eigenvalue weighted by molar-refractivity contribution is 6.31. The first-order valence-corrected chi connectivity index (χ1v) is 8.61. The topological polar surface area (TPSA) is 98.5 Å². The van der Waals surface area contributed by atoms with Crippen molar-refractivity contribution in [2.24, 2.45) is 0 Å². The van der Waals surface area contributed by atoms with E-state index in [1.54, 1.807) is 22.7 Å². The van der Waals surface area contributed by atoms with Gasteiger partial charge in [-0.15, -0.1) is 5.10 Å². The first-order chi connectivity index (χ1) is 12.8. The van der Waals surface area contributed by atoms with Crippen LogP contribution in [0.5, 0.6) is 0 Å². The molecule has 0 bridgehead atoms. The fourth-order valence-electron chi connectivity index (χ4n) is 2.48. The zero-order chi connectivity index (χ0) is 19.6. The number of aryl methyl sites for hydroxylation is 3. The number of hydrogen-bond acceptors (Lipinski definition) is 6. The average molecular weight is 388 g/mol. The van der Waals surface area contributed by atoms with Crippen LogP contribution in [0.2, 0.25) is 5.02 Å². The Balaban J connectivity index is 1.55. The number of carbonyl (C=O) groups is 2. The lowest BCUT2D eigenvalue weighted by Gasteiger charge is -2.07. The highest BCUT2D eigenvalue weighted by Gasteiger charge is 2.14. The number of carbonyl (C=O) groups excluding carboxylic acids is 2. The minimum Gasteiger partial charge on any atom is -0.455 e. The van der Waals surface area contributed by atoms with Crippen LogP contribution in [0.4, 0.5) is 5.69 Å². The molecule has 2 heterocycles. The van der Waals surface area contributed by atoms with E-state index in [0.717, 1.165) is 17.0 Å². The van der Waals surface area contributed by atoms with Crippen LogP contribution in [0.25, 0.3) is 5.78 Å². The van der Waals surface area contributed by atoms with Crippen LogP contribution in [0, 0.1) is 20.8 Å². The fraction of sp³-hybridized carbons (Fsp3) is 0.278. The van der Waals surface area contributed by atoms with Gasteiger partial charge in [0.15, 0.2) is 12.4 Å². The van der Waals surface area contributed by atoms with E-state index in [2.05, 4.69) is 20.4 Å². The Morgan fingerprint density at radius 1 is 1.19 bits per heavy atom. The highest BCUT2D eigenvalue weighted by Crippen LogP contribution is 2.19. The van der Waals surface area contributed by atoms with Gasteiger partial charge in [-0.05, 0) is 44.5 Å². The molecule has 3 aromatic rings. The summed E-state index contributed by atoms with van der Waals surface area (Å²) in [5.41, 5.74) is 3.11. The molecule has 3 rings (SSSR count). The minimum absolute atomic E-state index is 0.147. The highest BCUT2D eigenvalue weighted by atomic mass is 35.5. The Bertz CT molecular complexity index is 1030. The number of fused-ring (bicyclic) bond motifs is 1. The number of halogens is 1. The van der Waals surface area contributed by atoms with Gasteiger partial charge in [0.1, 0.15) is 6.42 Å². The van der Waals surface area contributed by atoms with Crippen LogP contribution in [0.3, 0.4) is 0 Å². The monoisotopic (exact) mass is 387 g/mol. The maximum Gasteiger partial charge on any atom is 0.314 e. The van der Waals surface area contributed by atoms with Crippen molar-refractivity contribution in [1.29, 1.82) is 0 Å². The van der Waals surface area contributed by atoms with Crippen molar-refractivity contribution in [1.82, 2.24) is 19.6 Å². The summed E-state index contributed by atoms with van der Waals surface area (Å²) in [5.74, 6) is -0.354. The summed E-state index contributed by atoms with van der Waals surface area (Å²) in [4.78, 5) is 32.3. The van der Waals surface area contributed by atoms with Gasteiger partial charge in [0, 0.05) is 22.1 Å². The molecule has 0 radical (unpaired) electrons. The number of rotatable bonds is 5. The molecule has 9 heteroatoms. The molecule has 1 N–H and O–H groups in total. The molecule has 0 saturated heterocycles. The van der Waals surface area contributed by atoms with E-state index in [-0.39, 0.29) is 12.2 Å². The van der Waals surface area contributed by atoms with Gasteiger partial charge < -0.3 is 10.1 Å². The predicted octanol–water partition coefficient (Wildman–Crippen LogP) is 2.43. The summed E-state index contributed by atoms with van der Waals surface area (Å²) in [5, 5.41) is 7.39. The largest absolute Gasteiger partial charge is 0.455 e. The van der Waals surface area contributed by atoms with Gasteiger partial charge in [-0.25, -0.2) is 9.50 Å². The first-order valence-electron chi connectivity index (χ1n) is 8.23. The number of esters is 1. The maximum atomic E-state index is 12.0. The lowest BCUT2D eigenvalue weighted by Crippen LogP contribution is -2.21. The van der Waals surface area contributed by atoms with Crippen LogP contribution in [-0.2, 0) is 20.7 Å². The molecule has 2 aromatic heterocycles. The lowest BCUT2D eigenvalue weighted by molar-refractivity contribution is -0.146. The Morgan fingerprint density at radius 2 is 1.96 bits per heavy atom. The van der Waals surface area contributed by atoms with Crippen LogP contribution in [-0.4, -0.2) is 38.1 Å². The molecule has 0 unspecified atom stereocenters. The van der Waals surface area contributed by atoms with E-state index in [1.807, 2.05) is 26.8 Å². The lowest BCUT2D eigenvalue weighted by atomic mass is 10.2. The average Bonchev–Trinajstić information content (AvgIpc) is 2.99. The van der Waals surface area contributed by atoms with E-state index >= 15 is 0 Å². The third-order valence-corrected chi connectivity index (χ3v) is 4.19. The molecule has 27 heavy (non-hydrogen) atoms. The predicted molar refractivity (Wildman–Crippen MR) is 99.7 cm³/mol. The zero-order valence-electron chi connectivity index (χ0n) is 15.1. The van der Waals surface area contributed by atoms with Gasteiger partial charge in [-0.3, -0.25) is 9.59 Å². The molecular weight excluding hydrogens is 370 g/mol. The third-order valence-electron chi connectivity index (χ3n) is 3.78. The normalized spacial score (nSPS) is 10.8. The quantitative estimate of drug-likeness (QED) is 0.675. The van der Waals surface area contributed by atoms with E-state index in [0.29, 0.717) is 16.5 Å².